The second kappa shape index (κ2) is 5.89. The molecule has 3 heteroatoms. The zero-order valence-electron chi connectivity index (χ0n) is 8.83. The van der Waals surface area contributed by atoms with Gasteiger partial charge >= 0.3 is 0 Å². The van der Waals surface area contributed by atoms with Gasteiger partial charge in [0.15, 0.2) is 0 Å². The van der Waals surface area contributed by atoms with E-state index in [9.17, 15) is 0 Å². The van der Waals surface area contributed by atoms with Crippen LogP contribution in [0.15, 0.2) is 48.5 Å². The molecule has 0 aliphatic heterocycles. The fourth-order valence-corrected chi connectivity index (χ4v) is 2.79. The third-order valence-corrected chi connectivity index (χ3v) is 3.77. The van der Waals surface area contributed by atoms with Gasteiger partial charge in [-0.1, -0.05) is 53.5 Å². The number of halogens is 3. The van der Waals surface area contributed by atoms with Gasteiger partial charge in [-0.05, 0) is 52.4 Å². The highest BCUT2D eigenvalue weighted by molar-refractivity contribution is 14.1. The van der Waals surface area contributed by atoms with Crippen LogP contribution < -0.4 is 0 Å². The van der Waals surface area contributed by atoms with E-state index in [4.69, 9.17) is 23.2 Å². The molecule has 2 aromatic rings. The number of hydrogen-bond acceptors (Lipinski definition) is 0. The average Bonchev–Trinajstić information content (AvgIpc) is 2.32. The summed E-state index contributed by atoms with van der Waals surface area (Å²) in [5.74, 6) is 0. The molecule has 0 unspecified atom stereocenters. The summed E-state index contributed by atoms with van der Waals surface area (Å²) in [6, 6.07) is 15.5. The molecule has 0 saturated carbocycles. The predicted octanol–water partition coefficient (Wildman–Crippen LogP) is 5.93. The van der Waals surface area contributed by atoms with Crippen molar-refractivity contribution in [2.24, 2.45) is 0 Å². The van der Waals surface area contributed by atoms with Crippen LogP contribution in [0.1, 0.15) is 11.1 Å². The van der Waals surface area contributed by atoms with Gasteiger partial charge in [-0.3, -0.25) is 0 Å². The largest absolute Gasteiger partial charge is 0.0843 e. The van der Waals surface area contributed by atoms with E-state index in [2.05, 4.69) is 28.7 Å². The van der Waals surface area contributed by atoms with Gasteiger partial charge in [-0.15, -0.1) is 0 Å². The van der Waals surface area contributed by atoms with E-state index in [0.29, 0.717) is 0 Å². The maximum absolute atomic E-state index is 6.14. The Morgan fingerprint density at radius 1 is 0.941 bits per heavy atom. The van der Waals surface area contributed by atoms with Crippen molar-refractivity contribution in [2.45, 2.75) is 0 Å². The molecule has 0 radical (unpaired) electrons. The summed E-state index contributed by atoms with van der Waals surface area (Å²) in [5.41, 5.74) is 2.16. The molecule has 0 aromatic heterocycles. The lowest BCUT2D eigenvalue weighted by molar-refractivity contribution is 1.64. The Bertz CT molecular complexity index is 544. The minimum absolute atomic E-state index is 0.745. The Morgan fingerprint density at radius 3 is 2.24 bits per heavy atom. The van der Waals surface area contributed by atoms with Crippen LogP contribution in [-0.2, 0) is 0 Å². The summed E-state index contributed by atoms with van der Waals surface area (Å²) in [6.45, 7) is 0. The van der Waals surface area contributed by atoms with Crippen LogP contribution in [-0.4, -0.2) is 0 Å². The lowest BCUT2D eigenvalue weighted by Crippen LogP contribution is -1.79. The molecular formula is C14H9Cl2I. The second-order valence-corrected chi connectivity index (χ2v) is 5.53. The summed E-state index contributed by atoms with van der Waals surface area (Å²) in [7, 11) is 0. The first-order chi connectivity index (χ1) is 8.16. The van der Waals surface area contributed by atoms with Crippen LogP contribution in [0.25, 0.3) is 9.66 Å². The van der Waals surface area contributed by atoms with Crippen molar-refractivity contribution in [1.82, 2.24) is 0 Å². The summed E-state index contributed by atoms with van der Waals surface area (Å²) in [6.07, 6.45) is 2.08. The molecule has 2 rings (SSSR count). The van der Waals surface area contributed by atoms with Crippen molar-refractivity contribution in [3.63, 3.8) is 0 Å². The van der Waals surface area contributed by atoms with E-state index in [1.807, 2.05) is 48.5 Å². The van der Waals surface area contributed by atoms with Crippen molar-refractivity contribution in [3.05, 3.63) is 69.7 Å². The van der Waals surface area contributed by atoms with Crippen molar-refractivity contribution in [2.75, 3.05) is 0 Å². The fraction of sp³-hybridized carbons (Fsp3) is 0. The minimum atomic E-state index is 0.745. The van der Waals surface area contributed by atoms with E-state index in [1.54, 1.807) is 0 Å². The molecule has 0 bridgehead atoms. The number of benzene rings is 2. The average molecular weight is 375 g/mol. The molecule has 86 valence electrons. The first-order valence-electron chi connectivity index (χ1n) is 5.04. The van der Waals surface area contributed by atoms with E-state index in [-0.39, 0.29) is 0 Å². The maximum atomic E-state index is 6.14. The normalized spacial score (nSPS) is 11.6. The zero-order valence-corrected chi connectivity index (χ0v) is 12.5. The number of hydrogen-bond donors (Lipinski definition) is 0. The Labute approximate surface area is 124 Å². The maximum Gasteiger partial charge on any atom is 0.0489 e. The lowest BCUT2D eigenvalue weighted by atomic mass is 10.1. The van der Waals surface area contributed by atoms with Crippen LogP contribution in [0, 0.1) is 0 Å². The van der Waals surface area contributed by atoms with Crippen LogP contribution in [0.4, 0.5) is 0 Å². The summed E-state index contributed by atoms with van der Waals surface area (Å²) >= 11 is 14.3. The van der Waals surface area contributed by atoms with Gasteiger partial charge < -0.3 is 0 Å². The molecule has 0 N–H and O–H groups in total. The van der Waals surface area contributed by atoms with Crippen molar-refractivity contribution >= 4 is 55.4 Å². The Hall–Kier alpha value is -0.510. The van der Waals surface area contributed by atoms with Gasteiger partial charge in [0, 0.05) is 19.2 Å². The summed E-state index contributed by atoms with van der Waals surface area (Å²) in [4.78, 5) is 0. The lowest BCUT2D eigenvalue weighted by Gasteiger charge is -2.03. The van der Waals surface area contributed by atoms with Gasteiger partial charge in [0.25, 0.3) is 0 Å². The molecule has 0 nitrogen and oxygen atoms in total. The predicted molar refractivity (Wildman–Crippen MR) is 84.8 cm³/mol. The molecule has 2 aromatic carbocycles. The van der Waals surface area contributed by atoms with Gasteiger partial charge in [0.05, 0.1) is 0 Å². The first kappa shape index (κ1) is 12.9. The number of rotatable bonds is 2. The van der Waals surface area contributed by atoms with Gasteiger partial charge in [-0.25, -0.2) is 0 Å². The SMILES string of the molecule is Clc1ccc(C=C(I)c2ccccc2Cl)cc1. The Balaban J connectivity index is 2.34. The Morgan fingerprint density at radius 2 is 1.59 bits per heavy atom. The van der Waals surface area contributed by atoms with Crippen LogP contribution in [0.5, 0.6) is 0 Å². The molecule has 0 spiro atoms. The Kier molecular flexibility index (Phi) is 4.48. The van der Waals surface area contributed by atoms with Crippen molar-refractivity contribution in [1.29, 1.82) is 0 Å². The molecule has 0 heterocycles. The van der Waals surface area contributed by atoms with Crippen LogP contribution in [0.3, 0.4) is 0 Å². The molecule has 0 amide bonds. The highest BCUT2D eigenvalue weighted by Gasteiger charge is 2.02. The minimum Gasteiger partial charge on any atom is -0.0843 e. The third kappa shape index (κ3) is 3.47. The molecule has 17 heavy (non-hydrogen) atoms. The van der Waals surface area contributed by atoms with Crippen LogP contribution in [0.2, 0.25) is 10.0 Å². The van der Waals surface area contributed by atoms with E-state index < -0.39 is 0 Å². The van der Waals surface area contributed by atoms with E-state index >= 15 is 0 Å². The standard InChI is InChI=1S/C14H9Cl2I/c15-11-7-5-10(6-8-11)9-14(17)12-3-1-2-4-13(12)16/h1-9H. The topological polar surface area (TPSA) is 0 Å². The molecular weight excluding hydrogens is 366 g/mol. The van der Waals surface area contributed by atoms with Crippen molar-refractivity contribution < 1.29 is 0 Å². The van der Waals surface area contributed by atoms with Crippen molar-refractivity contribution in [3.8, 4) is 0 Å². The molecule has 0 atom stereocenters. The second-order valence-electron chi connectivity index (χ2n) is 3.52. The smallest absolute Gasteiger partial charge is 0.0489 e. The molecule has 0 fully saturated rings. The molecule has 0 aliphatic rings. The quantitative estimate of drug-likeness (QED) is 0.451. The fourth-order valence-electron chi connectivity index (χ4n) is 1.44. The van der Waals surface area contributed by atoms with Gasteiger partial charge in [0.2, 0.25) is 0 Å². The zero-order chi connectivity index (χ0) is 12.3. The third-order valence-electron chi connectivity index (χ3n) is 2.29. The monoisotopic (exact) mass is 374 g/mol. The molecule has 0 saturated heterocycles. The van der Waals surface area contributed by atoms with Gasteiger partial charge in [-0.2, -0.15) is 0 Å². The first-order valence-corrected chi connectivity index (χ1v) is 6.88. The van der Waals surface area contributed by atoms with Crippen LogP contribution >= 0.6 is 45.8 Å². The van der Waals surface area contributed by atoms with E-state index in [1.165, 1.54) is 0 Å². The summed E-state index contributed by atoms with van der Waals surface area (Å²) < 4.78 is 1.11. The highest BCUT2D eigenvalue weighted by Crippen LogP contribution is 2.30. The van der Waals surface area contributed by atoms with E-state index in [0.717, 1.165) is 24.8 Å². The highest BCUT2D eigenvalue weighted by atomic mass is 127. The summed E-state index contributed by atoms with van der Waals surface area (Å²) in [5, 5.41) is 1.51. The molecule has 0 aliphatic carbocycles. The van der Waals surface area contributed by atoms with Gasteiger partial charge in [0.1, 0.15) is 0 Å².